The van der Waals surface area contributed by atoms with Crippen LogP contribution in [0.15, 0.2) is 83.8 Å². The number of hydrogen-bond donors (Lipinski definition) is 2. The molecule has 7 nitrogen and oxygen atoms in total. The summed E-state index contributed by atoms with van der Waals surface area (Å²) in [6.07, 6.45) is 0. The van der Waals surface area contributed by atoms with Crippen LogP contribution in [-0.2, 0) is 14.8 Å². The third-order valence-electron chi connectivity index (χ3n) is 4.52. The first-order valence-electron chi connectivity index (χ1n) is 9.61. The number of rotatable bonds is 9. The third-order valence-corrected chi connectivity index (χ3v) is 5.92. The molecule has 1 atom stereocenters. The van der Waals surface area contributed by atoms with Gasteiger partial charge in [-0.3, -0.25) is 9.52 Å². The van der Waals surface area contributed by atoms with Crippen LogP contribution < -0.4 is 19.5 Å². The van der Waals surface area contributed by atoms with E-state index >= 15 is 0 Å². The molecule has 31 heavy (non-hydrogen) atoms. The number of anilines is 1. The van der Waals surface area contributed by atoms with Gasteiger partial charge in [0.2, 0.25) is 0 Å². The zero-order chi connectivity index (χ0) is 22.3. The Bertz CT molecular complexity index is 1100. The second kappa shape index (κ2) is 9.99. The topological polar surface area (TPSA) is 93.7 Å². The van der Waals surface area contributed by atoms with Crippen LogP contribution in [0.2, 0.25) is 0 Å². The molecule has 0 fully saturated rings. The van der Waals surface area contributed by atoms with Crippen LogP contribution in [0.25, 0.3) is 0 Å². The van der Waals surface area contributed by atoms with Crippen LogP contribution in [0.4, 0.5) is 5.69 Å². The van der Waals surface area contributed by atoms with Crippen molar-refractivity contribution in [2.24, 2.45) is 0 Å². The molecule has 0 saturated heterocycles. The molecule has 2 N–H and O–H groups in total. The summed E-state index contributed by atoms with van der Waals surface area (Å²) >= 11 is 0. The minimum atomic E-state index is -3.71. The summed E-state index contributed by atoms with van der Waals surface area (Å²) in [5.74, 6) is 0.853. The van der Waals surface area contributed by atoms with E-state index in [4.69, 9.17) is 9.47 Å². The minimum absolute atomic E-state index is 0.0984. The summed E-state index contributed by atoms with van der Waals surface area (Å²) in [6.45, 7) is 1.69. The van der Waals surface area contributed by atoms with E-state index in [9.17, 15) is 13.2 Å². The van der Waals surface area contributed by atoms with Gasteiger partial charge >= 0.3 is 0 Å². The first kappa shape index (κ1) is 22.2. The fourth-order valence-electron chi connectivity index (χ4n) is 2.84. The van der Waals surface area contributed by atoms with Crippen LogP contribution in [0.3, 0.4) is 0 Å². The van der Waals surface area contributed by atoms with Crippen LogP contribution in [0, 0.1) is 0 Å². The Morgan fingerprint density at radius 3 is 2.13 bits per heavy atom. The van der Waals surface area contributed by atoms with E-state index in [1.165, 1.54) is 24.3 Å². The predicted molar refractivity (Wildman–Crippen MR) is 119 cm³/mol. The van der Waals surface area contributed by atoms with Crippen molar-refractivity contribution in [3.8, 4) is 11.5 Å². The van der Waals surface area contributed by atoms with Crippen molar-refractivity contribution in [1.82, 2.24) is 5.32 Å². The monoisotopic (exact) mass is 440 g/mol. The Morgan fingerprint density at radius 1 is 0.903 bits per heavy atom. The van der Waals surface area contributed by atoms with E-state index in [1.807, 2.05) is 31.2 Å². The molecule has 0 aromatic heterocycles. The van der Waals surface area contributed by atoms with Gasteiger partial charge < -0.3 is 14.8 Å². The predicted octanol–water partition coefficient (Wildman–Crippen LogP) is 3.75. The number of ether oxygens (including phenoxy) is 2. The number of para-hydroxylation sites is 1. The van der Waals surface area contributed by atoms with E-state index < -0.39 is 10.0 Å². The van der Waals surface area contributed by atoms with Gasteiger partial charge in [-0.25, -0.2) is 8.42 Å². The molecule has 0 aliphatic heterocycles. The average Bonchev–Trinajstić information content (AvgIpc) is 2.78. The van der Waals surface area contributed by atoms with Gasteiger partial charge in [-0.15, -0.1) is 0 Å². The summed E-state index contributed by atoms with van der Waals surface area (Å²) in [6, 6.07) is 21.7. The van der Waals surface area contributed by atoms with Gasteiger partial charge in [-0.1, -0.05) is 30.3 Å². The molecule has 0 spiro atoms. The number of amides is 1. The van der Waals surface area contributed by atoms with Crippen LogP contribution >= 0.6 is 0 Å². The zero-order valence-electron chi connectivity index (χ0n) is 17.2. The lowest BCUT2D eigenvalue weighted by Crippen LogP contribution is -2.31. The molecular formula is C23H24N2O5S. The summed E-state index contributed by atoms with van der Waals surface area (Å²) < 4.78 is 38.0. The lowest BCUT2D eigenvalue weighted by molar-refractivity contribution is -0.123. The van der Waals surface area contributed by atoms with E-state index in [-0.39, 0.29) is 23.5 Å². The molecule has 0 radical (unpaired) electrons. The average molecular weight is 441 g/mol. The molecule has 1 amide bonds. The number of benzene rings is 3. The van der Waals surface area contributed by atoms with Gasteiger partial charge in [-0.05, 0) is 61.0 Å². The molecule has 3 aromatic rings. The summed E-state index contributed by atoms with van der Waals surface area (Å²) in [5.41, 5.74) is 1.42. The smallest absolute Gasteiger partial charge is 0.261 e. The largest absolute Gasteiger partial charge is 0.497 e. The van der Waals surface area contributed by atoms with Crippen molar-refractivity contribution in [3.05, 3.63) is 84.4 Å². The Kier molecular flexibility index (Phi) is 7.15. The minimum Gasteiger partial charge on any atom is -0.497 e. The molecule has 0 unspecified atom stereocenters. The molecule has 3 rings (SSSR count). The van der Waals surface area contributed by atoms with Gasteiger partial charge in [0.05, 0.1) is 18.0 Å². The maximum absolute atomic E-state index is 12.5. The number of methoxy groups -OCH3 is 1. The molecule has 8 heteroatoms. The van der Waals surface area contributed by atoms with Gasteiger partial charge in [0.15, 0.2) is 6.61 Å². The third kappa shape index (κ3) is 6.23. The molecule has 0 bridgehead atoms. The molecular weight excluding hydrogens is 416 g/mol. The van der Waals surface area contributed by atoms with Crippen LogP contribution in [-0.4, -0.2) is 28.0 Å². The Balaban J connectivity index is 1.53. The lowest BCUT2D eigenvalue weighted by atomic mass is 10.1. The fraction of sp³-hybridized carbons (Fsp3) is 0.174. The van der Waals surface area contributed by atoms with E-state index in [0.29, 0.717) is 11.4 Å². The Hall–Kier alpha value is -3.52. The van der Waals surface area contributed by atoms with Crippen molar-refractivity contribution < 1.29 is 22.7 Å². The maximum atomic E-state index is 12.5. The highest BCUT2D eigenvalue weighted by atomic mass is 32.2. The lowest BCUT2D eigenvalue weighted by Gasteiger charge is -2.15. The maximum Gasteiger partial charge on any atom is 0.261 e. The van der Waals surface area contributed by atoms with Gasteiger partial charge in [0.25, 0.3) is 15.9 Å². The number of carbonyl (C=O) groups is 1. The Morgan fingerprint density at radius 2 is 1.52 bits per heavy atom. The number of carbonyl (C=O) groups excluding carboxylic acids is 1. The molecule has 0 heterocycles. The standard InChI is InChI=1S/C23H24N2O5S/c1-17(18-8-10-20(29-2)11-9-18)24-23(26)16-30-21-12-14-22(15-13-21)31(27,28)25-19-6-4-3-5-7-19/h3-15,17,25H,16H2,1-2H3,(H,24,26)/t17-/m0/s1. The van der Waals surface area contributed by atoms with Crippen molar-refractivity contribution in [2.75, 3.05) is 18.4 Å². The van der Waals surface area contributed by atoms with Crippen molar-refractivity contribution >= 4 is 21.6 Å². The van der Waals surface area contributed by atoms with E-state index in [1.54, 1.807) is 37.4 Å². The summed E-state index contributed by atoms with van der Waals surface area (Å²) in [5, 5.41) is 2.86. The SMILES string of the molecule is COc1ccc([C@H](C)NC(=O)COc2ccc(S(=O)(=O)Nc3ccccc3)cc2)cc1. The number of hydrogen-bond acceptors (Lipinski definition) is 5. The molecule has 3 aromatic carbocycles. The normalized spacial score (nSPS) is 11.9. The van der Waals surface area contributed by atoms with Gasteiger partial charge in [-0.2, -0.15) is 0 Å². The van der Waals surface area contributed by atoms with Gasteiger partial charge in [0.1, 0.15) is 11.5 Å². The summed E-state index contributed by atoms with van der Waals surface area (Å²) in [7, 11) is -2.11. The highest BCUT2D eigenvalue weighted by Crippen LogP contribution is 2.20. The van der Waals surface area contributed by atoms with Crippen molar-refractivity contribution in [2.45, 2.75) is 17.9 Å². The molecule has 0 aliphatic rings. The first-order valence-corrected chi connectivity index (χ1v) is 11.1. The zero-order valence-corrected chi connectivity index (χ0v) is 18.1. The summed E-state index contributed by atoms with van der Waals surface area (Å²) in [4.78, 5) is 12.3. The van der Waals surface area contributed by atoms with E-state index in [0.717, 1.165) is 11.3 Å². The van der Waals surface area contributed by atoms with Crippen LogP contribution in [0.5, 0.6) is 11.5 Å². The highest BCUT2D eigenvalue weighted by molar-refractivity contribution is 7.92. The molecule has 162 valence electrons. The highest BCUT2D eigenvalue weighted by Gasteiger charge is 2.15. The van der Waals surface area contributed by atoms with Gasteiger partial charge in [0, 0.05) is 5.69 Å². The van der Waals surface area contributed by atoms with E-state index in [2.05, 4.69) is 10.0 Å². The molecule has 0 saturated carbocycles. The number of sulfonamides is 1. The first-order chi connectivity index (χ1) is 14.9. The second-order valence-electron chi connectivity index (χ2n) is 6.79. The molecule has 0 aliphatic carbocycles. The second-order valence-corrected chi connectivity index (χ2v) is 8.48. The quantitative estimate of drug-likeness (QED) is 0.529. The van der Waals surface area contributed by atoms with Crippen molar-refractivity contribution in [3.63, 3.8) is 0 Å². The fourth-order valence-corrected chi connectivity index (χ4v) is 3.90. The Labute approximate surface area is 182 Å². The van der Waals surface area contributed by atoms with Crippen molar-refractivity contribution in [1.29, 1.82) is 0 Å². The number of nitrogens with one attached hydrogen (secondary N) is 2. The van der Waals surface area contributed by atoms with Crippen LogP contribution in [0.1, 0.15) is 18.5 Å².